The van der Waals surface area contributed by atoms with Crippen LogP contribution in [0.2, 0.25) is 0 Å². The lowest BCUT2D eigenvalue weighted by Crippen LogP contribution is -2.33. The number of ether oxygens (including phenoxy) is 1. The van der Waals surface area contributed by atoms with Gasteiger partial charge in [-0.05, 0) is 45.7 Å². The molecule has 0 aliphatic rings. The first-order chi connectivity index (χ1) is 11.0. The summed E-state index contributed by atoms with van der Waals surface area (Å²) in [5, 5.41) is 2.58. The number of hydrogen-bond donors (Lipinski definition) is 1. The Morgan fingerprint density at radius 3 is 2.12 bits per heavy atom. The Morgan fingerprint density at radius 2 is 1.62 bits per heavy atom. The molecule has 0 aliphatic carbocycles. The van der Waals surface area contributed by atoms with Gasteiger partial charge in [0.2, 0.25) is 0 Å². The lowest BCUT2D eigenvalue weighted by Gasteiger charge is -2.19. The molecule has 0 saturated heterocycles. The van der Waals surface area contributed by atoms with E-state index < -0.39 is 23.4 Å². The molecule has 0 unspecified atom stereocenters. The number of amides is 1. The second kappa shape index (κ2) is 8.17. The molecule has 7 heteroatoms. The minimum absolute atomic E-state index is 0.210. The molecule has 0 spiro atoms. The van der Waals surface area contributed by atoms with Crippen LogP contribution in [0.1, 0.15) is 56.0 Å². The predicted octanol–water partition coefficient (Wildman–Crippen LogP) is 4.58. The number of alkyl halides is 3. The fraction of sp³-hybridized carbons (Fsp3) is 0.529. The molecule has 0 aromatic heterocycles. The first-order valence-electron chi connectivity index (χ1n) is 7.66. The number of rotatable bonds is 6. The molecule has 1 N–H and O–H groups in total. The third-order valence-electron chi connectivity index (χ3n) is 3.03. The number of unbranched alkanes of at least 4 members (excludes halogenated alkanes) is 1. The predicted molar refractivity (Wildman–Crippen MR) is 83.9 cm³/mol. The maximum Gasteiger partial charge on any atom is 0.416 e. The molecule has 24 heavy (non-hydrogen) atoms. The Hall–Kier alpha value is -2.05. The van der Waals surface area contributed by atoms with Gasteiger partial charge in [-0.1, -0.05) is 12.1 Å². The third kappa shape index (κ3) is 7.48. The summed E-state index contributed by atoms with van der Waals surface area (Å²) in [5.74, 6) is -0.221. The minimum Gasteiger partial charge on any atom is -0.444 e. The average Bonchev–Trinajstić information content (AvgIpc) is 2.44. The summed E-state index contributed by atoms with van der Waals surface area (Å²) in [6.45, 7) is 5.65. The number of benzene rings is 1. The second-order valence-electron chi connectivity index (χ2n) is 6.38. The summed E-state index contributed by atoms with van der Waals surface area (Å²) in [4.78, 5) is 23.3. The largest absolute Gasteiger partial charge is 0.444 e. The molecular formula is C17H22F3NO3. The monoisotopic (exact) mass is 345 g/mol. The standard InChI is InChI=1S/C17H22F3NO3/c1-16(2,3)24-15(23)21-11-5-4-6-14(22)12-7-9-13(10-8-12)17(18,19)20/h7-10H,4-6,11H2,1-3H3,(H,21,23). The molecule has 0 radical (unpaired) electrons. The van der Waals surface area contributed by atoms with Crippen molar-refractivity contribution >= 4 is 11.9 Å². The van der Waals surface area contributed by atoms with E-state index in [4.69, 9.17) is 4.74 Å². The summed E-state index contributed by atoms with van der Waals surface area (Å²) in [7, 11) is 0. The van der Waals surface area contributed by atoms with E-state index in [1.54, 1.807) is 20.8 Å². The molecule has 1 aromatic rings. The normalized spacial score (nSPS) is 11.9. The topological polar surface area (TPSA) is 55.4 Å². The second-order valence-corrected chi connectivity index (χ2v) is 6.38. The van der Waals surface area contributed by atoms with Crippen molar-refractivity contribution in [2.45, 2.75) is 51.8 Å². The molecule has 0 heterocycles. The molecule has 134 valence electrons. The highest BCUT2D eigenvalue weighted by Crippen LogP contribution is 2.29. The Kier molecular flexibility index (Phi) is 6.81. The quantitative estimate of drug-likeness (QED) is 0.606. The first-order valence-corrected chi connectivity index (χ1v) is 7.66. The van der Waals surface area contributed by atoms with Gasteiger partial charge in [0.05, 0.1) is 5.56 Å². The zero-order chi connectivity index (χ0) is 18.4. The zero-order valence-electron chi connectivity index (χ0n) is 14.0. The van der Waals surface area contributed by atoms with Crippen LogP contribution in [0.5, 0.6) is 0 Å². The van der Waals surface area contributed by atoms with E-state index in [0.29, 0.717) is 19.4 Å². The van der Waals surface area contributed by atoms with Crippen molar-refractivity contribution in [2.75, 3.05) is 6.54 Å². The summed E-state index contributed by atoms with van der Waals surface area (Å²) >= 11 is 0. The minimum atomic E-state index is -4.41. The molecule has 0 bridgehead atoms. The number of alkyl carbamates (subject to hydrolysis) is 1. The summed E-state index contributed by atoms with van der Waals surface area (Å²) in [5.41, 5.74) is -1.09. The van der Waals surface area contributed by atoms with Gasteiger partial charge >= 0.3 is 12.3 Å². The van der Waals surface area contributed by atoms with Crippen LogP contribution in [0.4, 0.5) is 18.0 Å². The van der Waals surface area contributed by atoms with Crippen molar-refractivity contribution in [2.24, 2.45) is 0 Å². The highest BCUT2D eigenvalue weighted by Gasteiger charge is 2.30. The van der Waals surface area contributed by atoms with Crippen molar-refractivity contribution in [3.63, 3.8) is 0 Å². The van der Waals surface area contributed by atoms with Crippen LogP contribution in [0.25, 0.3) is 0 Å². The maximum absolute atomic E-state index is 12.4. The van der Waals surface area contributed by atoms with Crippen LogP contribution < -0.4 is 5.32 Å². The molecular weight excluding hydrogens is 323 g/mol. The van der Waals surface area contributed by atoms with Crippen molar-refractivity contribution in [3.8, 4) is 0 Å². The van der Waals surface area contributed by atoms with E-state index in [1.165, 1.54) is 12.1 Å². The van der Waals surface area contributed by atoms with Gasteiger partial charge in [-0.2, -0.15) is 13.2 Å². The number of carbonyl (C=O) groups is 2. The first kappa shape index (κ1) is 20.0. The van der Waals surface area contributed by atoms with Crippen molar-refractivity contribution < 1.29 is 27.5 Å². The van der Waals surface area contributed by atoms with E-state index in [2.05, 4.69) is 5.32 Å². The van der Waals surface area contributed by atoms with Crippen LogP contribution in [0.3, 0.4) is 0 Å². The van der Waals surface area contributed by atoms with E-state index in [1.807, 2.05) is 0 Å². The molecule has 0 fully saturated rings. The molecule has 1 amide bonds. The lowest BCUT2D eigenvalue weighted by molar-refractivity contribution is -0.137. The summed E-state index contributed by atoms with van der Waals surface area (Å²) < 4.78 is 42.4. The Labute approximate surface area is 139 Å². The highest BCUT2D eigenvalue weighted by molar-refractivity contribution is 5.96. The van der Waals surface area contributed by atoms with Gasteiger partial charge in [0, 0.05) is 18.5 Å². The molecule has 4 nitrogen and oxygen atoms in total. The number of hydrogen-bond acceptors (Lipinski definition) is 3. The molecule has 1 aromatic carbocycles. The van der Waals surface area contributed by atoms with Gasteiger partial charge in [-0.25, -0.2) is 4.79 Å². The van der Waals surface area contributed by atoms with E-state index >= 15 is 0 Å². The zero-order valence-corrected chi connectivity index (χ0v) is 14.0. The van der Waals surface area contributed by atoms with Crippen LogP contribution in [-0.4, -0.2) is 24.0 Å². The van der Waals surface area contributed by atoms with E-state index in [-0.39, 0.29) is 17.8 Å². The number of Topliss-reactive ketones (excluding diaryl/α,β-unsaturated/α-hetero) is 1. The summed E-state index contributed by atoms with van der Waals surface area (Å²) in [6, 6.07) is 4.17. The highest BCUT2D eigenvalue weighted by atomic mass is 19.4. The van der Waals surface area contributed by atoms with Crippen molar-refractivity contribution in [1.82, 2.24) is 5.32 Å². The van der Waals surface area contributed by atoms with Crippen LogP contribution in [-0.2, 0) is 10.9 Å². The molecule has 0 aliphatic heterocycles. The Bertz CT molecular complexity index is 560. The van der Waals surface area contributed by atoms with Gasteiger partial charge in [0.15, 0.2) is 5.78 Å². The number of halogens is 3. The molecule has 0 saturated carbocycles. The SMILES string of the molecule is CC(C)(C)OC(=O)NCCCCC(=O)c1ccc(C(F)(F)F)cc1. The van der Waals surface area contributed by atoms with Gasteiger partial charge in [0.1, 0.15) is 5.60 Å². The van der Waals surface area contributed by atoms with E-state index in [9.17, 15) is 22.8 Å². The maximum atomic E-state index is 12.4. The molecule has 1 rings (SSSR count). The Morgan fingerprint density at radius 1 is 1.04 bits per heavy atom. The van der Waals surface area contributed by atoms with Crippen molar-refractivity contribution in [3.05, 3.63) is 35.4 Å². The van der Waals surface area contributed by atoms with Gasteiger partial charge in [0.25, 0.3) is 0 Å². The number of ketones is 1. The summed E-state index contributed by atoms with van der Waals surface area (Å²) in [6.07, 6.45) is -3.62. The fourth-order valence-electron chi connectivity index (χ4n) is 1.90. The van der Waals surface area contributed by atoms with Crippen LogP contribution >= 0.6 is 0 Å². The smallest absolute Gasteiger partial charge is 0.416 e. The Balaban J connectivity index is 2.31. The van der Waals surface area contributed by atoms with E-state index in [0.717, 1.165) is 12.1 Å². The van der Waals surface area contributed by atoms with Gasteiger partial charge in [-0.3, -0.25) is 4.79 Å². The van der Waals surface area contributed by atoms with Crippen LogP contribution in [0, 0.1) is 0 Å². The van der Waals surface area contributed by atoms with Crippen molar-refractivity contribution in [1.29, 1.82) is 0 Å². The number of nitrogens with one attached hydrogen (secondary N) is 1. The average molecular weight is 345 g/mol. The lowest BCUT2D eigenvalue weighted by atomic mass is 10.0. The van der Waals surface area contributed by atoms with Crippen LogP contribution in [0.15, 0.2) is 24.3 Å². The van der Waals surface area contributed by atoms with Gasteiger partial charge < -0.3 is 10.1 Å². The number of carbonyl (C=O) groups excluding carboxylic acids is 2. The molecule has 0 atom stereocenters. The van der Waals surface area contributed by atoms with Gasteiger partial charge in [-0.15, -0.1) is 0 Å². The third-order valence-corrected chi connectivity index (χ3v) is 3.03. The fourth-order valence-corrected chi connectivity index (χ4v) is 1.90.